The van der Waals surface area contributed by atoms with E-state index in [1.807, 2.05) is 6.92 Å². The zero-order valence-corrected chi connectivity index (χ0v) is 12.7. The van der Waals surface area contributed by atoms with Crippen molar-refractivity contribution in [2.45, 2.75) is 58.0 Å². The van der Waals surface area contributed by atoms with Crippen LogP contribution in [0.25, 0.3) is 0 Å². The summed E-state index contributed by atoms with van der Waals surface area (Å²) in [4.78, 5) is 11.0. The van der Waals surface area contributed by atoms with Gasteiger partial charge in [-0.25, -0.2) is 0 Å². The molecule has 0 bridgehead atoms. The van der Waals surface area contributed by atoms with Gasteiger partial charge in [-0.2, -0.15) is 0 Å². The molecule has 1 saturated heterocycles. The molecule has 0 saturated carbocycles. The van der Waals surface area contributed by atoms with Gasteiger partial charge in [-0.15, -0.1) is 0 Å². The first-order valence-corrected chi connectivity index (χ1v) is 9.11. The van der Waals surface area contributed by atoms with Gasteiger partial charge < -0.3 is 14.8 Å². The van der Waals surface area contributed by atoms with Crippen molar-refractivity contribution in [2.24, 2.45) is 5.92 Å². The number of nitrogens with one attached hydrogen (secondary N) is 1. The van der Waals surface area contributed by atoms with Crippen LogP contribution in [0.4, 0.5) is 0 Å². The number of rotatable bonds is 3. The van der Waals surface area contributed by atoms with Gasteiger partial charge in [0.05, 0.1) is 6.10 Å². The third-order valence-electron chi connectivity index (χ3n) is 4.17. The highest BCUT2D eigenvalue weighted by molar-refractivity contribution is 6.74. The van der Waals surface area contributed by atoms with Crippen LogP contribution in [0, 0.1) is 5.92 Å². The van der Waals surface area contributed by atoms with Gasteiger partial charge in [0.1, 0.15) is 6.04 Å². The van der Waals surface area contributed by atoms with Crippen LogP contribution in [0.5, 0.6) is 0 Å². The first-order valence-electron chi connectivity index (χ1n) is 6.20. The quantitative estimate of drug-likeness (QED) is 0.762. The molecule has 0 aromatic rings. The largest absolute Gasteiger partial charge is 0.480 e. The van der Waals surface area contributed by atoms with Crippen molar-refractivity contribution in [3.8, 4) is 0 Å². The first-order chi connectivity index (χ1) is 7.56. The highest BCUT2D eigenvalue weighted by Gasteiger charge is 2.44. The molecule has 0 spiro atoms. The molecular formula is C12H25NO3Si. The number of carboxylic acids is 1. The molecule has 100 valence electrons. The van der Waals surface area contributed by atoms with Gasteiger partial charge in [-0.1, -0.05) is 27.7 Å². The lowest BCUT2D eigenvalue weighted by Gasteiger charge is -2.39. The number of hydrogen-bond acceptors (Lipinski definition) is 3. The minimum atomic E-state index is -1.81. The van der Waals surface area contributed by atoms with E-state index < -0.39 is 20.3 Å². The van der Waals surface area contributed by atoms with Crippen LogP contribution in [0.2, 0.25) is 18.1 Å². The van der Waals surface area contributed by atoms with Gasteiger partial charge >= 0.3 is 5.97 Å². The lowest BCUT2D eigenvalue weighted by Crippen LogP contribution is -2.46. The van der Waals surface area contributed by atoms with E-state index in [4.69, 9.17) is 9.53 Å². The average molecular weight is 259 g/mol. The summed E-state index contributed by atoms with van der Waals surface area (Å²) in [6, 6.07) is -0.468. The molecule has 0 radical (unpaired) electrons. The SMILES string of the molecule is C[C@@H]1[C@@H](O[Si](C)(C)C(C)(C)C)CN[C@H]1C(=O)O. The second-order valence-electron chi connectivity index (χ2n) is 6.50. The third-order valence-corrected chi connectivity index (χ3v) is 8.67. The second-order valence-corrected chi connectivity index (χ2v) is 11.3. The van der Waals surface area contributed by atoms with Gasteiger partial charge in [-0.05, 0) is 18.1 Å². The molecule has 3 atom stereocenters. The van der Waals surface area contributed by atoms with E-state index in [0.717, 1.165) is 0 Å². The molecule has 0 aromatic carbocycles. The molecule has 0 unspecified atom stereocenters. The smallest absolute Gasteiger partial charge is 0.321 e. The Hall–Kier alpha value is -0.393. The van der Waals surface area contributed by atoms with Gasteiger partial charge in [0.25, 0.3) is 0 Å². The summed E-state index contributed by atoms with van der Waals surface area (Å²) in [6.45, 7) is 13.6. The first kappa shape index (κ1) is 14.7. The highest BCUT2D eigenvalue weighted by Crippen LogP contribution is 2.38. The van der Waals surface area contributed by atoms with Crippen LogP contribution in [-0.4, -0.2) is 38.1 Å². The Labute approximate surface area is 105 Å². The molecule has 1 fully saturated rings. The number of carboxylic acid groups (broad SMARTS) is 1. The number of hydrogen-bond donors (Lipinski definition) is 2. The molecular weight excluding hydrogens is 234 g/mol. The molecule has 17 heavy (non-hydrogen) atoms. The Morgan fingerprint density at radius 1 is 1.41 bits per heavy atom. The van der Waals surface area contributed by atoms with Gasteiger partial charge in [-0.3, -0.25) is 4.79 Å². The predicted molar refractivity (Wildman–Crippen MR) is 70.7 cm³/mol. The second kappa shape index (κ2) is 4.70. The van der Waals surface area contributed by atoms with E-state index in [1.54, 1.807) is 0 Å². The Balaban J connectivity index is 2.69. The molecule has 1 heterocycles. The maximum absolute atomic E-state index is 11.0. The molecule has 1 aliphatic heterocycles. The highest BCUT2D eigenvalue weighted by atomic mass is 28.4. The molecule has 1 rings (SSSR count). The fourth-order valence-corrected chi connectivity index (χ4v) is 3.25. The molecule has 2 N–H and O–H groups in total. The Bertz CT molecular complexity index is 299. The summed E-state index contributed by atoms with van der Waals surface area (Å²) in [7, 11) is -1.81. The van der Waals surface area contributed by atoms with Gasteiger partial charge in [0, 0.05) is 12.5 Å². The van der Waals surface area contributed by atoms with Gasteiger partial charge in [0.15, 0.2) is 8.32 Å². The van der Waals surface area contributed by atoms with Crippen molar-refractivity contribution < 1.29 is 14.3 Å². The summed E-state index contributed by atoms with van der Waals surface area (Å²) in [5.41, 5.74) is 0. The summed E-state index contributed by atoms with van der Waals surface area (Å²) in [5.74, 6) is -0.750. The molecule has 1 aliphatic rings. The lowest BCUT2D eigenvalue weighted by atomic mass is 10.0. The van der Waals surface area contributed by atoms with Crippen LogP contribution < -0.4 is 5.32 Å². The Morgan fingerprint density at radius 3 is 2.29 bits per heavy atom. The minimum absolute atomic E-state index is 0.0250. The van der Waals surface area contributed by atoms with Crippen LogP contribution in [0.15, 0.2) is 0 Å². The van der Waals surface area contributed by atoms with Crippen molar-refractivity contribution in [1.29, 1.82) is 0 Å². The maximum Gasteiger partial charge on any atom is 0.321 e. The molecule has 0 aromatic heterocycles. The minimum Gasteiger partial charge on any atom is -0.480 e. The summed E-state index contributed by atoms with van der Waals surface area (Å²) < 4.78 is 6.27. The van der Waals surface area contributed by atoms with E-state index in [0.29, 0.717) is 6.54 Å². The standard InChI is InChI=1S/C12H25NO3Si/c1-8-9(7-13-10(8)11(14)15)16-17(5,6)12(2,3)4/h8-10,13H,7H2,1-6H3,(H,14,15)/t8-,9+,10-/m1/s1. The zero-order valence-electron chi connectivity index (χ0n) is 11.7. The summed E-state index contributed by atoms with van der Waals surface area (Å²) in [5, 5.41) is 12.2. The Kier molecular flexibility index (Phi) is 4.06. The Morgan fingerprint density at radius 2 is 1.94 bits per heavy atom. The van der Waals surface area contributed by atoms with Crippen molar-refractivity contribution >= 4 is 14.3 Å². The third kappa shape index (κ3) is 3.08. The van der Waals surface area contributed by atoms with Crippen LogP contribution >= 0.6 is 0 Å². The fraction of sp³-hybridized carbons (Fsp3) is 0.917. The van der Waals surface area contributed by atoms with Crippen molar-refractivity contribution in [3.63, 3.8) is 0 Å². The van der Waals surface area contributed by atoms with Crippen molar-refractivity contribution in [3.05, 3.63) is 0 Å². The molecule has 0 amide bonds. The van der Waals surface area contributed by atoms with E-state index in [-0.39, 0.29) is 17.1 Å². The van der Waals surface area contributed by atoms with Gasteiger partial charge in [0.2, 0.25) is 0 Å². The fourth-order valence-electron chi connectivity index (χ4n) is 1.85. The van der Waals surface area contributed by atoms with Crippen LogP contribution in [0.1, 0.15) is 27.7 Å². The average Bonchev–Trinajstić information content (AvgIpc) is 2.45. The van der Waals surface area contributed by atoms with E-state index in [1.165, 1.54) is 0 Å². The van der Waals surface area contributed by atoms with Crippen molar-refractivity contribution in [2.75, 3.05) is 6.54 Å². The number of carbonyl (C=O) groups is 1. The number of aliphatic carboxylic acids is 1. The van der Waals surface area contributed by atoms with Crippen LogP contribution in [0.3, 0.4) is 0 Å². The normalized spacial score (nSPS) is 30.6. The molecule has 5 heteroatoms. The predicted octanol–water partition coefficient (Wildman–Crippen LogP) is 2.07. The summed E-state index contributed by atoms with van der Waals surface area (Å²) >= 11 is 0. The van der Waals surface area contributed by atoms with E-state index in [2.05, 4.69) is 39.2 Å². The van der Waals surface area contributed by atoms with Crippen LogP contribution in [-0.2, 0) is 9.22 Å². The van der Waals surface area contributed by atoms with Crippen molar-refractivity contribution in [1.82, 2.24) is 5.32 Å². The topological polar surface area (TPSA) is 58.6 Å². The molecule has 0 aliphatic carbocycles. The maximum atomic E-state index is 11.0. The summed E-state index contributed by atoms with van der Waals surface area (Å²) in [6.07, 6.45) is 0.0250. The zero-order chi connectivity index (χ0) is 13.4. The lowest BCUT2D eigenvalue weighted by molar-refractivity contribution is -0.140. The molecule has 4 nitrogen and oxygen atoms in total. The van der Waals surface area contributed by atoms with E-state index in [9.17, 15) is 4.79 Å². The monoisotopic (exact) mass is 259 g/mol. The van der Waals surface area contributed by atoms with E-state index >= 15 is 0 Å².